The summed E-state index contributed by atoms with van der Waals surface area (Å²) in [6.45, 7) is 5.43. The van der Waals surface area contributed by atoms with Gasteiger partial charge in [-0.1, -0.05) is 19.9 Å². The monoisotopic (exact) mass is 182 g/mol. The summed E-state index contributed by atoms with van der Waals surface area (Å²) < 4.78 is 0. The molecule has 0 spiro atoms. The number of carbonyl (C=O) groups is 2. The zero-order valence-corrected chi connectivity index (χ0v) is 8.13. The third-order valence-corrected chi connectivity index (χ3v) is 2.85. The zero-order chi connectivity index (χ0) is 10.3. The second-order valence-electron chi connectivity index (χ2n) is 4.34. The van der Waals surface area contributed by atoms with Crippen LogP contribution in [0.1, 0.15) is 27.2 Å². The third kappa shape index (κ3) is 1.39. The Morgan fingerprint density at radius 3 is 2.15 bits per heavy atom. The first-order chi connectivity index (χ1) is 5.85. The van der Waals surface area contributed by atoms with Gasteiger partial charge >= 0.3 is 5.97 Å². The van der Waals surface area contributed by atoms with Crippen molar-refractivity contribution in [2.45, 2.75) is 27.2 Å². The standard InChI is InChI=1S/C10H14O3/c1-7(5-11)4-10(8(12)13)6-9(10,2)3/h4-5H,6H2,1-3H3,(H,12,13)/b7-4+. The number of carboxylic acids is 1. The molecule has 3 nitrogen and oxygen atoms in total. The average Bonchev–Trinajstić information content (AvgIpc) is 2.54. The predicted octanol–water partition coefficient (Wildman–Crippen LogP) is 1.63. The quantitative estimate of drug-likeness (QED) is 0.533. The van der Waals surface area contributed by atoms with Crippen LogP contribution in [0, 0.1) is 10.8 Å². The first-order valence-electron chi connectivity index (χ1n) is 4.24. The molecular formula is C10H14O3. The Labute approximate surface area is 77.4 Å². The second kappa shape index (κ2) is 2.69. The van der Waals surface area contributed by atoms with Crippen LogP contribution in [-0.2, 0) is 9.59 Å². The van der Waals surface area contributed by atoms with E-state index >= 15 is 0 Å². The Kier molecular flexibility index (Phi) is 2.06. The van der Waals surface area contributed by atoms with Gasteiger partial charge in [0, 0.05) is 0 Å². The van der Waals surface area contributed by atoms with Gasteiger partial charge in [-0.3, -0.25) is 9.59 Å². The first kappa shape index (κ1) is 9.96. The first-order valence-corrected chi connectivity index (χ1v) is 4.24. The van der Waals surface area contributed by atoms with Crippen LogP contribution in [0.5, 0.6) is 0 Å². The number of carboxylic acid groups (broad SMARTS) is 1. The summed E-state index contributed by atoms with van der Waals surface area (Å²) in [6, 6.07) is 0. The molecule has 1 aliphatic rings. The van der Waals surface area contributed by atoms with Crippen LogP contribution in [-0.4, -0.2) is 17.4 Å². The number of allylic oxidation sites excluding steroid dienone is 1. The lowest BCUT2D eigenvalue weighted by molar-refractivity contribution is -0.142. The number of hydrogen-bond donors (Lipinski definition) is 1. The molecule has 1 unspecified atom stereocenters. The minimum absolute atomic E-state index is 0.219. The number of hydrogen-bond acceptors (Lipinski definition) is 2. The van der Waals surface area contributed by atoms with Crippen molar-refractivity contribution < 1.29 is 14.7 Å². The number of aldehydes is 1. The predicted molar refractivity (Wildman–Crippen MR) is 48.3 cm³/mol. The summed E-state index contributed by atoms with van der Waals surface area (Å²) in [6.07, 6.45) is 2.88. The summed E-state index contributed by atoms with van der Waals surface area (Å²) in [7, 11) is 0. The lowest BCUT2D eigenvalue weighted by Gasteiger charge is -2.10. The van der Waals surface area contributed by atoms with Gasteiger partial charge < -0.3 is 5.11 Å². The van der Waals surface area contributed by atoms with Gasteiger partial charge in [-0.05, 0) is 24.3 Å². The van der Waals surface area contributed by atoms with Gasteiger partial charge in [0.1, 0.15) is 6.29 Å². The van der Waals surface area contributed by atoms with Gasteiger partial charge in [0.15, 0.2) is 0 Å². The molecule has 0 aromatic heterocycles. The number of rotatable bonds is 3. The van der Waals surface area contributed by atoms with E-state index in [1.807, 2.05) is 13.8 Å². The van der Waals surface area contributed by atoms with Crippen LogP contribution in [0.25, 0.3) is 0 Å². The smallest absolute Gasteiger partial charge is 0.314 e. The molecule has 13 heavy (non-hydrogen) atoms. The van der Waals surface area contributed by atoms with Gasteiger partial charge in [-0.25, -0.2) is 0 Å². The van der Waals surface area contributed by atoms with Crippen LogP contribution in [0.15, 0.2) is 11.6 Å². The van der Waals surface area contributed by atoms with Crippen molar-refractivity contribution in [3.05, 3.63) is 11.6 Å². The summed E-state index contributed by atoms with van der Waals surface area (Å²) in [5.41, 5.74) is -0.533. The van der Waals surface area contributed by atoms with E-state index in [1.54, 1.807) is 13.0 Å². The van der Waals surface area contributed by atoms with Gasteiger partial charge in [0.2, 0.25) is 0 Å². The van der Waals surface area contributed by atoms with Crippen LogP contribution in [0.2, 0.25) is 0 Å². The molecule has 0 aliphatic heterocycles. The van der Waals surface area contributed by atoms with Crippen molar-refractivity contribution in [3.63, 3.8) is 0 Å². The lowest BCUT2D eigenvalue weighted by Crippen LogP contribution is -2.18. The fourth-order valence-corrected chi connectivity index (χ4v) is 1.75. The van der Waals surface area contributed by atoms with Crippen LogP contribution in [0.4, 0.5) is 0 Å². The minimum atomic E-state index is -0.835. The van der Waals surface area contributed by atoms with Gasteiger partial charge in [-0.15, -0.1) is 0 Å². The van der Waals surface area contributed by atoms with Gasteiger partial charge in [0.05, 0.1) is 5.41 Å². The van der Waals surface area contributed by atoms with Crippen molar-refractivity contribution >= 4 is 12.3 Å². The van der Waals surface area contributed by atoms with E-state index < -0.39 is 11.4 Å². The van der Waals surface area contributed by atoms with E-state index in [1.165, 1.54) is 0 Å². The van der Waals surface area contributed by atoms with Gasteiger partial charge in [-0.2, -0.15) is 0 Å². The molecule has 1 atom stereocenters. The fourth-order valence-electron chi connectivity index (χ4n) is 1.75. The second-order valence-corrected chi connectivity index (χ2v) is 4.34. The van der Waals surface area contributed by atoms with Crippen molar-refractivity contribution in [1.29, 1.82) is 0 Å². The molecule has 0 bridgehead atoms. The number of aliphatic carboxylic acids is 1. The molecule has 0 aromatic rings. The Morgan fingerprint density at radius 1 is 1.46 bits per heavy atom. The van der Waals surface area contributed by atoms with E-state index in [9.17, 15) is 9.59 Å². The molecule has 0 radical (unpaired) electrons. The summed E-state index contributed by atoms with van der Waals surface area (Å²) >= 11 is 0. The van der Waals surface area contributed by atoms with Crippen molar-refractivity contribution in [1.82, 2.24) is 0 Å². The van der Waals surface area contributed by atoms with E-state index in [0.29, 0.717) is 18.3 Å². The molecule has 3 heteroatoms. The Morgan fingerprint density at radius 2 is 1.92 bits per heavy atom. The highest BCUT2D eigenvalue weighted by Crippen LogP contribution is 2.64. The highest BCUT2D eigenvalue weighted by molar-refractivity contribution is 5.85. The van der Waals surface area contributed by atoms with Crippen molar-refractivity contribution in [3.8, 4) is 0 Å². The van der Waals surface area contributed by atoms with Crippen molar-refractivity contribution in [2.75, 3.05) is 0 Å². The van der Waals surface area contributed by atoms with E-state index in [-0.39, 0.29) is 5.41 Å². The zero-order valence-electron chi connectivity index (χ0n) is 8.13. The molecule has 0 saturated heterocycles. The van der Waals surface area contributed by atoms with E-state index in [0.717, 1.165) is 0 Å². The largest absolute Gasteiger partial charge is 0.481 e. The molecule has 1 N–H and O–H groups in total. The summed E-state index contributed by atoms with van der Waals surface area (Å²) in [5.74, 6) is -0.835. The molecule has 0 heterocycles. The van der Waals surface area contributed by atoms with E-state index in [4.69, 9.17) is 5.11 Å². The maximum absolute atomic E-state index is 11.0. The van der Waals surface area contributed by atoms with Crippen LogP contribution >= 0.6 is 0 Å². The highest BCUT2D eigenvalue weighted by atomic mass is 16.4. The summed E-state index contributed by atoms with van der Waals surface area (Å²) in [4.78, 5) is 21.4. The lowest BCUT2D eigenvalue weighted by atomic mass is 9.94. The summed E-state index contributed by atoms with van der Waals surface area (Å²) in [5, 5.41) is 9.02. The van der Waals surface area contributed by atoms with Gasteiger partial charge in [0.25, 0.3) is 0 Å². The van der Waals surface area contributed by atoms with Crippen LogP contribution < -0.4 is 0 Å². The Bertz CT molecular complexity index is 289. The normalized spacial score (nSPS) is 31.2. The third-order valence-electron chi connectivity index (χ3n) is 2.85. The molecule has 1 aliphatic carbocycles. The number of carbonyl (C=O) groups excluding carboxylic acids is 1. The average molecular weight is 182 g/mol. The SMILES string of the molecule is C/C(C=O)=C\C1(C(=O)O)CC1(C)C. The van der Waals surface area contributed by atoms with E-state index in [2.05, 4.69) is 0 Å². The molecular weight excluding hydrogens is 168 g/mol. The molecule has 1 saturated carbocycles. The molecule has 1 fully saturated rings. The molecule has 0 amide bonds. The maximum atomic E-state index is 11.0. The maximum Gasteiger partial charge on any atom is 0.314 e. The Hall–Kier alpha value is -1.12. The topological polar surface area (TPSA) is 54.4 Å². The molecule has 72 valence electrons. The molecule has 0 aromatic carbocycles. The highest BCUT2D eigenvalue weighted by Gasteiger charge is 2.65. The fraction of sp³-hybridized carbons (Fsp3) is 0.600. The van der Waals surface area contributed by atoms with Crippen molar-refractivity contribution in [2.24, 2.45) is 10.8 Å². The van der Waals surface area contributed by atoms with Crippen LogP contribution in [0.3, 0.4) is 0 Å². The Balaban J connectivity index is 2.99. The molecule has 1 rings (SSSR count). The minimum Gasteiger partial charge on any atom is -0.481 e.